The zero-order chi connectivity index (χ0) is 15.9. The predicted molar refractivity (Wildman–Crippen MR) is 90.6 cm³/mol. The van der Waals surface area contributed by atoms with Crippen LogP contribution in [0.15, 0.2) is 42.7 Å². The fourth-order valence-corrected chi connectivity index (χ4v) is 2.78. The summed E-state index contributed by atoms with van der Waals surface area (Å²) in [5.41, 5.74) is 1.58. The van der Waals surface area contributed by atoms with Crippen molar-refractivity contribution >= 4 is 11.7 Å². The standard InChI is InChI=1S/C18H22N4O/c23-18(19-10-9-15-7-3-1-4-8-15)16-13-21-17(14-20-16)22-11-5-2-6-12-22/h1,3-4,7-8,13-14H,2,5-6,9-12H2,(H,19,23). The van der Waals surface area contributed by atoms with E-state index < -0.39 is 0 Å². The number of rotatable bonds is 5. The first-order valence-electron chi connectivity index (χ1n) is 8.22. The van der Waals surface area contributed by atoms with Gasteiger partial charge in [-0.15, -0.1) is 0 Å². The average molecular weight is 310 g/mol. The molecule has 3 rings (SSSR count). The normalized spacial score (nSPS) is 14.5. The molecule has 1 amide bonds. The van der Waals surface area contributed by atoms with E-state index in [1.165, 1.54) is 24.8 Å². The summed E-state index contributed by atoms with van der Waals surface area (Å²) in [5, 5.41) is 2.89. The molecule has 1 aromatic carbocycles. The van der Waals surface area contributed by atoms with Crippen LogP contribution < -0.4 is 10.2 Å². The first-order valence-corrected chi connectivity index (χ1v) is 8.22. The Morgan fingerprint density at radius 2 is 1.83 bits per heavy atom. The van der Waals surface area contributed by atoms with E-state index in [1.54, 1.807) is 12.4 Å². The third-order valence-electron chi connectivity index (χ3n) is 4.09. The van der Waals surface area contributed by atoms with E-state index in [4.69, 9.17) is 0 Å². The molecule has 1 aromatic heterocycles. The number of anilines is 1. The monoisotopic (exact) mass is 310 g/mol. The maximum atomic E-state index is 12.1. The number of hydrogen-bond donors (Lipinski definition) is 1. The minimum absolute atomic E-state index is 0.168. The van der Waals surface area contributed by atoms with Gasteiger partial charge in [0.1, 0.15) is 11.5 Å². The Hall–Kier alpha value is -2.43. The lowest BCUT2D eigenvalue weighted by Crippen LogP contribution is -2.31. The van der Waals surface area contributed by atoms with Crippen LogP contribution >= 0.6 is 0 Å². The SMILES string of the molecule is O=C(NCCc1ccccc1)c1cnc(N2CCCCC2)cn1. The molecule has 1 aliphatic rings. The molecule has 0 atom stereocenters. The number of benzene rings is 1. The van der Waals surface area contributed by atoms with Gasteiger partial charge in [0.25, 0.3) is 5.91 Å². The molecule has 1 N–H and O–H groups in total. The molecule has 0 bridgehead atoms. The van der Waals surface area contributed by atoms with Gasteiger partial charge in [0.05, 0.1) is 12.4 Å². The fraction of sp³-hybridized carbons (Fsp3) is 0.389. The van der Waals surface area contributed by atoms with E-state index in [-0.39, 0.29) is 5.91 Å². The Morgan fingerprint density at radius 1 is 1.04 bits per heavy atom. The van der Waals surface area contributed by atoms with Crippen LogP contribution in [0.5, 0.6) is 0 Å². The third kappa shape index (κ3) is 4.28. The summed E-state index contributed by atoms with van der Waals surface area (Å²) in [4.78, 5) is 23.0. The van der Waals surface area contributed by atoms with Crippen LogP contribution in [0.4, 0.5) is 5.82 Å². The summed E-state index contributed by atoms with van der Waals surface area (Å²) in [6.45, 7) is 2.65. The van der Waals surface area contributed by atoms with E-state index in [0.717, 1.165) is 25.3 Å². The second-order valence-corrected chi connectivity index (χ2v) is 5.80. The highest BCUT2D eigenvalue weighted by molar-refractivity contribution is 5.92. The number of hydrogen-bond acceptors (Lipinski definition) is 4. The minimum Gasteiger partial charge on any atom is -0.355 e. The number of nitrogens with one attached hydrogen (secondary N) is 1. The van der Waals surface area contributed by atoms with Crippen LogP contribution in [0.1, 0.15) is 35.3 Å². The van der Waals surface area contributed by atoms with Crippen LogP contribution in [0.25, 0.3) is 0 Å². The Kier molecular flexibility index (Phi) is 5.19. The second-order valence-electron chi connectivity index (χ2n) is 5.80. The molecule has 1 aliphatic heterocycles. The lowest BCUT2D eigenvalue weighted by atomic mass is 10.1. The molecule has 5 nitrogen and oxygen atoms in total. The highest BCUT2D eigenvalue weighted by atomic mass is 16.1. The van der Waals surface area contributed by atoms with Crippen molar-refractivity contribution in [3.63, 3.8) is 0 Å². The van der Waals surface area contributed by atoms with Gasteiger partial charge < -0.3 is 10.2 Å². The lowest BCUT2D eigenvalue weighted by molar-refractivity contribution is 0.0949. The molecule has 2 heterocycles. The minimum atomic E-state index is -0.168. The van der Waals surface area contributed by atoms with Crippen molar-refractivity contribution < 1.29 is 4.79 Å². The van der Waals surface area contributed by atoms with Gasteiger partial charge in [0.15, 0.2) is 0 Å². The summed E-state index contributed by atoms with van der Waals surface area (Å²) in [6, 6.07) is 10.1. The topological polar surface area (TPSA) is 58.1 Å². The second kappa shape index (κ2) is 7.72. The maximum Gasteiger partial charge on any atom is 0.271 e. The predicted octanol–water partition coefficient (Wildman–Crippen LogP) is 2.44. The number of carbonyl (C=O) groups excluding carboxylic acids is 1. The zero-order valence-corrected chi connectivity index (χ0v) is 13.2. The van der Waals surface area contributed by atoms with Crippen molar-refractivity contribution in [2.45, 2.75) is 25.7 Å². The molecular formula is C18H22N4O. The summed E-state index contributed by atoms with van der Waals surface area (Å²) in [5.74, 6) is 0.698. The number of aromatic nitrogens is 2. The van der Waals surface area contributed by atoms with Crippen LogP contribution in [0.3, 0.4) is 0 Å². The maximum absolute atomic E-state index is 12.1. The summed E-state index contributed by atoms with van der Waals surface area (Å²) >= 11 is 0. The van der Waals surface area contributed by atoms with Crippen molar-refractivity contribution in [3.05, 3.63) is 54.0 Å². The Balaban J connectivity index is 1.51. The van der Waals surface area contributed by atoms with E-state index in [9.17, 15) is 4.79 Å². The van der Waals surface area contributed by atoms with Crippen molar-refractivity contribution in [1.29, 1.82) is 0 Å². The first kappa shape index (κ1) is 15.5. The Labute approximate surface area is 136 Å². The van der Waals surface area contributed by atoms with Gasteiger partial charge in [-0.25, -0.2) is 9.97 Å². The Bertz CT molecular complexity index is 621. The lowest BCUT2D eigenvalue weighted by Gasteiger charge is -2.27. The van der Waals surface area contributed by atoms with Gasteiger partial charge in [0.2, 0.25) is 0 Å². The fourth-order valence-electron chi connectivity index (χ4n) is 2.78. The van der Waals surface area contributed by atoms with Crippen LogP contribution in [-0.2, 0) is 6.42 Å². The molecule has 5 heteroatoms. The molecule has 0 aliphatic carbocycles. The summed E-state index contributed by atoms with van der Waals surface area (Å²) in [6.07, 6.45) is 7.77. The molecule has 0 radical (unpaired) electrons. The molecule has 0 unspecified atom stereocenters. The largest absolute Gasteiger partial charge is 0.355 e. The van der Waals surface area contributed by atoms with Crippen molar-refractivity contribution in [3.8, 4) is 0 Å². The molecule has 2 aromatic rings. The van der Waals surface area contributed by atoms with Crippen LogP contribution in [0.2, 0.25) is 0 Å². The van der Waals surface area contributed by atoms with E-state index in [1.807, 2.05) is 18.2 Å². The summed E-state index contributed by atoms with van der Waals surface area (Å²) < 4.78 is 0. The molecule has 1 fully saturated rings. The number of piperidine rings is 1. The molecule has 120 valence electrons. The van der Waals surface area contributed by atoms with Crippen molar-refractivity contribution in [2.75, 3.05) is 24.5 Å². The van der Waals surface area contributed by atoms with Gasteiger partial charge in [-0.1, -0.05) is 30.3 Å². The van der Waals surface area contributed by atoms with E-state index >= 15 is 0 Å². The summed E-state index contributed by atoms with van der Waals surface area (Å²) in [7, 11) is 0. The number of amides is 1. The van der Waals surface area contributed by atoms with Gasteiger partial charge in [0, 0.05) is 19.6 Å². The molecule has 0 saturated carbocycles. The Morgan fingerprint density at radius 3 is 2.52 bits per heavy atom. The van der Waals surface area contributed by atoms with Gasteiger partial charge in [-0.2, -0.15) is 0 Å². The first-order chi connectivity index (χ1) is 11.3. The zero-order valence-electron chi connectivity index (χ0n) is 13.2. The van der Waals surface area contributed by atoms with Gasteiger partial charge in [-0.05, 0) is 31.2 Å². The van der Waals surface area contributed by atoms with Crippen LogP contribution in [0, 0.1) is 0 Å². The van der Waals surface area contributed by atoms with Crippen molar-refractivity contribution in [2.24, 2.45) is 0 Å². The molecule has 0 spiro atoms. The number of carbonyl (C=O) groups is 1. The van der Waals surface area contributed by atoms with E-state index in [2.05, 4.69) is 32.3 Å². The van der Waals surface area contributed by atoms with Gasteiger partial charge in [-0.3, -0.25) is 4.79 Å². The van der Waals surface area contributed by atoms with E-state index in [0.29, 0.717) is 12.2 Å². The molecular weight excluding hydrogens is 288 g/mol. The van der Waals surface area contributed by atoms with Crippen molar-refractivity contribution in [1.82, 2.24) is 15.3 Å². The third-order valence-corrected chi connectivity index (χ3v) is 4.09. The quantitative estimate of drug-likeness (QED) is 0.921. The van der Waals surface area contributed by atoms with Gasteiger partial charge >= 0.3 is 0 Å². The molecule has 1 saturated heterocycles. The average Bonchev–Trinajstić information content (AvgIpc) is 2.63. The highest BCUT2D eigenvalue weighted by Crippen LogP contribution is 2.16. The smallest absolute Gasteiger partial charge is 0.271 e. The number of nitrogens with zero attached hydrogens (tertiary/aromatic N) is 3. The van der Waals surface area contributed by atoms with Crippen LogP contribution in [-0.4, -0.2) is 35.5 Å². The molecule has 23 heavy (non-hydrogen) atoms. The highest BCUT2D eigenvalue weighted by Gasteiger charge is 2.13.